The van der Waals surface area contributed by atoms with Crippen molar-refractivity contribution < 1.29 is 9.59 Å². The van der Waals surface area contributed by atoms with E-state index in [4.69, 9.17) is 0 Å². The molecule has 146 valence electrons. The molecule has 27 heavy (non-hydrogen) atoms. The molecule has 5 heteroatoms. The molecule has 3 rings (SSSR count). The molecule has 2 heterocycles. The van der Waals surface area contributed by atoms with Gasteiger partial charge in [0.1, 0.15) is 0 Å². The molecule has 0 unspecified atom stereocenters. The van der Waals surface area contributed by atoms with E-state index in [1.807, 2.05) is 13.0 Å². The highest BCUT2D eigenvalue weighted by Crippen LogP contribution is 2.44. The topological polar surface area (TPSA) is 40.6 Å². The van der Waals surface area contributed by atoms with Crippen LogP contribution in [0.1, 0.15) is 70.1 Å². The lowest BCUT2D eigenvalue weighted by atomic mass is 9.79. The van der Waals surface area contributed by atoms with Crippen LogP contribution in [0.2, 0.25) is 0 Å². The van der Waals surface area contributed by atoms with E-state index in [2.05, 4.69) is 51.7 Å². The lowest BCUT2D eigenvalue weighted by Crippen LogP contribution is -2.48. The number of hydrogen-bond donors (Lipinski definition) is 0. The van der Waals surface area contributed by atoms with Crippen molar-refractivity contribution in [3.8, 4) is 0 Å². The van der Waals surface area contributed by atoms with Crippen molar-refractivity contribution in [3.63, 3.8) is 0 Å². The number of nitrogens with zero attached hydrogens (tertiary/aromatic N) is 2. The van der Waals surface area contributed by atoms with Crippen molar-refractivity contribution in [2.75, 3.05) is 18.0 Å². The van der Waals surface area contributed by atoms with Crippen LogP contribution >= 0.6 is 11.8 Å². The van der Waals surface area contributed by atoms with E-state index in [1.54, 1.807) is 0 Å². The number of fused-ring (bicyclic) bond motifs is 1. The number of rotatable bonds is 4. The van der Waals surface area contributed by atoms with Gasteiger partial charge in [0.15, 0.2) is 0 Å². The van der Waals surface area contributed by atoms with Gasteiger partial charge < -0.3 is 4.90 Å². The van der Waals surface area contributed by atoms with Crippen molar-refractivity contribution in [2.24, 2.45) is 0 Å². The van der Waals surface area contributed by atoms with E-state index in [1.165, 1.54) is 16.2 Å². The number of benzene rings is 1. The molecule has 1 fully saturated rings. The third-order valence-corrected chi connectivity index (χ3v) is 6.60. The average molecular weight is 387 g/mol. The molecule has 1 saturated heterocycles. The summed E-state index contributed by atoms with van der Waals surface area (Å²) >= 11 is 1.06. The molecule has 0 radical (unpaired) electrons. The molecule has 4 nitrogen and oxygen atoms in total. The van der Waals surface area contributed by atoms with Crippen LogP contribution in [0.15, 0.2) is 17.0 Å². The summed E-state index contributed by atoms with van der Waals surface area (Å²) in [6.07, 6.45) is 3.78. The molecule has 2 aliphatic heterocycles. The van der Waals surface area contributed by atoms with Crippen molar-refractivity contribution in [1.82, 2.24) is 4.90 Å². The molecule has 1 aromatic rings. The zero-order chi connectivity index (χ0) is 19.9. The second-order valence-corrected chi connectivity index (χ2v) is 9.26. The summed E-state index contributed by atoms with van der Waals surface area (Å²) in [4.78, 5) is 29.1. The predicted octanol–water partition coefficient (Wildman–Crippen LogP) is 5.55. The largest absolute Gasteiger partial charge is 0.366 e. The first kappa shape index (κ1) is 20.0. The normalized spacial score (nSPS) is 23.3. The molecule has 2 aliphatic rings. The Morgan fingerprint density at radius 1 is 1.26 bits per heavy atom. The highest BCUT2D eigenvalue weighted by molar-refractivity contribution is 8.18. The Hall–Kier alpha value is -1.75. The summed E-state index contributed by atoms with van der Waals surface area (Å²) in [6.45, 7) is 14.6. The molecule has 0 N–H and O–H groups in total. The Bertz CT molecular complexity index is 813. The third-order valence-electron chi connectivity index (χ3n) is 5.70. The van der Waals surface area contributed by atoms with Gasteiger partial charge in [-0.05, 0) is 93.1 Å². The SMILES string of the molecule is CCCN1C(=O)S/C(=C\c2cc3c(cc2C)N(CC)C(C)(C)C[C@H]3C)C1=O. The standard InChI is InChI=1S/C22H30N2O2S/c1-7-9-23-20(25)19(27-21(23)26)12-16-11-17-15(4)13-22(5,6)24(8-2)18(17)10-14(16)3/h10-12,15H,7-9,13H2,1-6H3/b19-12-/t15-/m1/s1. The van der Waals surface area contributed by atoms with E-state index < -0.39 is 0 Å². The number of carbonyl (C=O) groups is 2. The minimum absolute atomic E-state index is 0.137. The molecule has 0 spiro atoms. The molecule has 0 aromatic heterocycles. The summed E-state index contributed by atoms with van der Waals surface area (Å²) in [6, 6.07) is 4.47. The van der Waals surface area contributed by atoms with Crippen LogP contribution in [0.4, 0.5) is 10.5 Å². The first-order valence-corrected chi connectivity index (χ1v) is 10.7. The van der Waals surface area contributed by atoms with Gasteiger partial charge in [0, 0.05) is 24.3 Å². The zero-order valence-corrected chi connectivity index (χ0v) is 18.1. The summed E-state index contributed by atoms with van der Waals surface area (Å²) in [5.41, 5.74) is 4.95. The quantitative estimate of drug-likeness (QED) is 0.636. The summed E-state index contributed by atoms with van der Waals surface area (Å²) in [5, 5.41) is -0.156. The van der Waals surface area contributed by atoms with Crippen molar-refractivity contribution in [2.45, 2.75) is 65.8 Å². The average Bonchev–Trinajstić information content (AvgIpc) is 2.84. The van der Waals surface area contributed by atoms with Crippen LogP contribution in [-0.2, 0) is 4.79 Å². The molecule has 2 amide bonds. The fourth-order valence-electron chi connectivity index (χ4n) is 4.46. The Morgan fingerprint density at radius 2 is 1.96 bits per heavy atom. The van der Waals surface area contributed by atoms with Gasteiger partial charge in [-0.15, -0.1) is 0 Å². The maximum atomic E-state index is 12.6. The molecule has 1 atom stereocenters. The van der Waals surface area contributed by atoms with Gasteiger partial charge in [-0.3, -0.25) is 14.5 Å². The fraction of sp³-hybridized carbons (Fsp3) is 0.545. The van der Waals surface area contributed by atoms with E-state index in [9.17, 15) is 9.59 Å². The molecule has 1 aromatic carbocycles. The number of amides is 2. The highest BCUT2D eigenvalue weighted by atomic mass is 32.2. The Labute approximate surface area is 167 Å². The summed E-state index contributed by atoms with van der Waals surface area (Å²) in [5.74, 6) is 0.300. The van der Waals surface area contributed by atoms with Crippen LogP contribution < -0.4 is 4.90 Å². The maximum absolute atomic E-state index is 12.6. The van der Waals surface area contributed by atoms with Crippen molar-refractivity contribution in [1.29, 1.82) is 0 Å². The van der Waals surface area contributed by atoms with Crippen molar-refractivity contribution in [3.05, 3.63) is 33.7 Å². The fourth-order valence-corrected chi connectivity index (χ4v) is 5.32. The van der Waals surface area contributed by atoms with E-state index in [0.717, 1.165) is 42.3 Å². The van der Waals surface area contributed by atoms with Gasteiger partial charge in [-0.2, -0.15) is 0 Å². The van der Waals surface area contributed by atoms with Crippen LogP contribution in [0, 0.1) is 6.92 Å². The summed E-state index contributed by atoms with van der Waals surface area (Å²) in [7, 11) is 0. The highest BCUT2D eigenvalue weighted by Gasteiger charge is 2.37. The Morgan fingerprint density at radius 3 is 2.59 bits per heavy atom. The van der Waals surface area contributed by atoms with Crippen LogP contribution in [-0.4, -0.2) is 34.7 Å². The van der Waals surface area contributed by atoms with E-state index >= 15 is 0 Å². The lowest BCUT2D eigenvalue weighted by Gasteiger charge is -2.47. The Kier molecular flexibility index (Phi) is 5.44. The number of carbonyl (C=O) groups excluding carboxylic acids is 2. The van der Waals surface area contributed by atoms with Crippen LogP contribution in [0.25, 0.3) is 6.08 Å². The number of anilines is 1. The number of hydrogen-bond acceptors (Lipinski definition) is 4. The van der Waals surface area contributed by atoms with Gasteiger partial charge in [-0.1, -0.05) is 13.8 Å². The Balaban J connectivity index is 2.02. The minimum atomic E-state index is -0.159. The molecule has 0 aliphatic carbocycles. The second-order valence-electron chi connectivity index (χ2n) is 8.26. The first-order chi connectivity index (χ1) is 12.7. The first-order valence-electron chi connectivity index (χ1n) is 9.87. The second kappa shape index (κ2) is 7.34. The number of thioether (sulfide) groups is 1. The van der Waals surface area contributed by atoms with Gasteiger partial charge in [0.2, 0.25) is 0 Å². The van der Waals surface area contributed by atoms with Crippen LogP contribution in [0.3, 0.4) is 0 Å². The van der Waals surface area contributed by atoms with Crippen LogP contribution in [0.5, 0.6) is 0 Å². The van der Waals surface area contributed by atoms with Gasteiger partial charge in [0.05, 0.1) is 4.91 Å². The maximum Gasteiger partial charge on any atom is 0.293 e. The lowest BCUT2D eigenvalue weighted by molar-refractivity contribution is -0.122. The zero-order valence-electron chi connectivity index (χ0n) is 17.3. The monoisotopic (exact) mass is 386 g/mol. The smallest absolute Gasteiger partial charge is 0.293 e. The van der Waals surface area contributed by atoms with E-state index in [-0.39, 0.29) is 16.7 Å². The van der Waals surface area contributed by atoms with Gasteiger partial charge >= 0.3 is 0 Å². The molecule has 0 bridgehead atoms. The molecular formula is C22H30N2O2S. The number of aryl methyl sites for hydroxylation is 1. The third kappa shape index (κ3) is 3.54. The molecule has 0 saturated carbocycles. The predicted molar refractivity (Wildman–Crippen MR) is 114 cm³/mol. The van der Waals surface area contributed by atoms with E-state index in [0.29, 0.717) is 17.4 Å². The van der Waals surface area contributed by atoms with Gasteiger partial charge in [0.25, 0.3) is 11.1 Å². The minimum Gasteiger partial charge on any atom is -0.366 e. The van der Waals surface area contributed by atoms with Gasteiger partial charge in [-0.25, -0.2) is 0 Å². The van der Waals surface area contributed by atoms with Crippen molar-refractivity contribution >= 4 is 34.7 Å². The molecular weight excluding hydrogens is 356 g/mol. The summed E-state index contributed by atoms with van der Waals surface area (Å²) < 4.78 is 0. The number of imide groups is 1.